The molecule has 0 radical (unpaired) electrons. The van der Waals surface area contributed by atoms with Gasteiger partial charge >= 0.3 is 5.97 Å². The van der Waals surface area contributed by atoms with E-state index in [4.69, 9.17) is 4.74 Å². The molecule has 1 amide bonds. The van der Waals surface area contributed by atoms with Crippen LogP contribution >= 0.6 is 11.8 Å². The third-order valence-corrected chi connectivity index (χ3v) is 2.89. The molecule has 0 aromatic heterocycles. The first-order chi connectivity index (χ1) is 6.09. The Morgan fingerprint density at radius 1 is 1.38 bits per heavy atom. The second-order valence-electron chi connectivity index (χ2n) is 2.99. The number of hydrogen-bond donors (Lipinski definition) is 1. The van der Waals surface area contributed by atoms with Crippen LogP contribution in [0.3, 0.4) is 0 Å². The van der Waals surface area contributed by atoms with Crippen LogP contribution in [0.4, 0.5) is 0 Å². The predicted molar refractivity (Wildman–Crippen MR) is 50.5 cm³/mol. The molecule has 0 unspecified atom stereocenters. The number of carbonyl (C=O) groups is 2. The lowest BCUT2D eigenvalue weighted by molar-refractivity contribution is -0.146. The fourth-order valence-corrected chi connectivity index (χ4v) is 2.48. The molecule has 0 bridgehead atoms. The Kier molecular flexibility index (Phi) is 3.59. The van der Waals surface area contributed by atoms with Crippen molar-refractivity contribution in [3.63, 3.8) is 0 Å². The van der Waals surface area contributed by atoms with E-state index in [2.05, 4.69) is 5.32 Å². The molecule has 0 aliphatic carbocycles. The van der Waals surface area contributed by atoms with Crippen molar-refractivity contribution in [3.05, 3.63) is 0 Å². The molecular weight excluding hydrogens is 190 g/mol. The molecule has 1 heterocycles. The van der Waals surface area contributed by atoms with Crippen molar-refractivity contribution in [2.45, 2.75) is 26.0 Å². The highest BCUT2D eigenvalue weighted by Gasteiger charge is 2.30. The number of ether oxygens (including phenoxy) is 1. The minimum atomic E-state index is -0.289. The number of carbonyl (C=O) groups excluding carboxylic acids is 2. The predicted octanol–water partition coefficient (Wildman–Crippen LogP) is 0.170. The molecule has 0 aromatic rings. The van der Waals surface area contributed by atoms with E-state index < -0.39 is 0 Å². The zero-order valence-corrected chi connectivity index (χ0v) is 8.52. The lowest BCUT2D eigenvalue weighted by Gasteiger charge is -2.18. The summed E-state index contributed by atoms with van der Waals surface area (Å²) in [4.78, 5) is 21.5. The van der Waals surface area contributed by atoms with Crippen LogP contribution in [0.2, 0.25) is 0 Å². The normalized spacial score (nSPS) is 26.9. The Labute approximate surface area is 81.4 Å². The van der Waals surface area contributed by atoms with E-state index in [0.29, 0.717) is 0 Å². The van der Waals surface area contributed by atoms with Gasteiger partial charge in [-0.05, 0) is 0 Å². The van der Waals surface area contributed by atoms with Gasteiger partial charge in [0.05, 0.1) is 6.04 Å². The van der Waals surface area contributed by atoms with Gasteiger partial charge < -0.3 is 10.1 Å². The number of esters is 1. The smallest absolute Gasteiger partial charge is 0.303 e. The van der Waals surface area contributed by atoms with Crippen molar-refractivity contribution < 1.29 is 14.3 Å². The molecule has 0 aromatic carbocycles. The second-order valence-corrected chi connectivity index (χ2v) is 4.07. The van der Waals surface area contributed by atoms with E-state index in [1.807, 2.05) is 0 Å². The summed E-state index contributed by atoms with van der Waals surface area (Å²) in [5, 5.41) is 2.76. The molecule has 5 heteroatoms. The third kappa shape index (κ3) is 3.26. The first kappa shape index (κ1) is 10.4. The van der Waals surface area contributed by atoms with Gasteiger partial charge in [-0.1, -0.05) is 0 Å². The molecule has 1 fully saturated rings. The van der Waals surface area contributed by atoms with E-state index in [1.54, 1.807) is 11.8 Å². The van der Waals surface area contributed by atoms with Crippen LogP contribution < -0.4 is 5.32 Å². The largest absolute Gasteiger partial charge is 0.459 e. The number of amides is 1. The summed E-state index contributed by atoms with van der Waals surface area (Å²) in [6, 6.07) is -0.0219. The van der Waals surface area contributed by atoms with Gasteiger partial charge in [-0.25, -0.2) is 0 Å². The lowest BCUT2D eigenvalue weighted by atomic mass is 10.2. The monoisotopic (exact) mass is 203 g/mol. The molecule has 1 aliphatic heterocycles. The third-order valence-electron chi connectivity index (χ3n) is 1.73. The summed E-state index contributed by atoms with van der Waals surface area (Å²) in [7, 11) is 0. The highest BCUT2D eigenvalue weighted by Crippen LogP contribution is 2.21. The van der Waals surface area contributed by atoms with E-state index in [-0.39, 0.29) is 24.0 Å². The molecule has 0 spiro atoms. The summed E-state index contributed by atoms with van der Waals surface area (Å²) < 4.78 is 5.05. The Bertz CT molecular complexity index is 197. The lowest BCUT2D eigenvalue weighted by Crippen LogP contribution is -2.43. The minimum Gasteiger partial charge on any atom is -0.459 e. The van der Waals surface area contributed by atoms with Crippen LogP contribution in [0.5, 0.6) is 0 Å². The van der Waals surface area contributed by atoms with Gasteiger partial charge in [0.25, 0.3) is 0 Å². The Morgan fingerprint density at radius 3 is 2.62 bits per heavy atom. The van der Waals surface area contributed by atoms with Gasteiger partial charge in [0.2, 0.25) is 5.91 Å². The minimum absolute atomic E-state index is 0.0219. The quantitative estimate of drug-likeness (QED) is 0.650. The van der Waals surface area contributed by atoms with Crippen molar-refractivity contribution in [2.75, 3.05) is 11.5 Å². The van der Waals surface area contributed by atoms with Crippen LogP contribution in [-0.2, 0) is 14.3 Å². The molecule has 0 saturated carbocycles. The van der Waals surface area contributed by atoms with Crippen molar-refractivity contribution in [1.29, 1.82) is 0 Å². The summed E-state index contributed by atoms with van der Waals surface area (Å²) in [6.45, 7) is 2.85. The highest BCUT2D eigenvalue weighted by molar-refractivity contribution is 7.99. The zero-order valence-electron chi connectivity index (χ0n) is 7.70. The first-order valence-electron chi connectivity index (χ1n) is 4.11. The molecule has 1 saturated heterocycles. The highest BCUT2D eigenvalue weighted by atomic mass is 32.2. The van der Waals surface area contributed by atoms with Gasteiger partial charge in [0.1, 0.15) is 6.10 Å². The van der Waals surface area contributed by atoms with Crippen molar-refractivity contribution in [1.82, 2.24) is 5.32 Å². The topological polar surface area (TPSA) is 55.4 Å². The van der Waals surface area contributed by atoms with Gasteiger partial charge in [-0.15, -0.1) is 0 Å². The molecule has 13 heavy (non-hydrogen) atoms. The summed E-state index contributed by atoms with van der Waals surface area (Å²) in [6.07, 6.45) is -0.161. The Morgan fingerprint density at radius 2 is 2.08 bits per heavy atom. The fraction of sp³-hybridized carbons (Fsp3) is 0.750. The van der Waals surface area contributed by atoms with Crippen molar-refractivity contribution in [3.8, 4) is 0 Å². The Balaban J connectivity index is 2.43. The molecule has 1 N–H and O–H groups in total. The average molecular weight is 203 g/mol. The van der Waals surface area contributed by atoms with Crippen LogP contribution in [0.15, 0.2) is 0 Å². The summed E-state index contributed by atoms with van der Waals surface area (Å²) in [5.74, 6) is 1.22. The molecule has 1 rings (SSSR count). The van der Waals surface area contributed by atoms with E-state index in [9.17, 15) is 9.59 Å². The van der Waals surface area contributed by atoms with Crippen LogP contribution in [0.25, 0.3) is 0 Å². The standard InChI is InChI=1S/C8H13NO3S/c1-5(10)9-7-3-13-4-8(7)12-6(2)11/h7-8H,3-4H2,1-2H3,(H,9,10)/t7-,8-/m0/s1. The van der Waals surface area contributed by atoms with Crippen LogP contribution in [0, 0.1) is 0 Å². The van der Waals surface area contributed by atoms with E-state index in [0.717, 1.165) is 11.5 Å². The fourth-order valence-electron chi connectivity index (χ4n) is 1.26. The van der Waals surface area contributed by atoms with Gasteiger partial charge in [-0.3, -0.25) is 9.59 Å². The van der Waals surface area contributed by atoms with E-state index in [1.165, 1.54) is 13.8 Å². The SMILES string of the molecule is CC(=O)N[C@H]1CSC[C@@H]1OC(C)=O. The maximum atomic E-state index is 10.8. The second kappa shape index (κ2) is 4.50. The maximum absolute atomic E-state index is 10.8. The molecule has 4 nitrogen and oxygen atoms in total. The number of rotatable bonds is 2. The molecule has 1 aliphatic rings. The van der Waals surface area contributed by atoms with Crippen LogP contribution in [-0.4, -0.2) is 35.5 Å². The molecule has 74 valence electrons. The van der Waals surface area contributed by atoms with Crippen LogP contribution in [0.1, 0.15) is 13.8 Å². The number of thioether (sulfide) groups is 1. The Hall–Kier alpha value is -0.710. The van der Waals surface area contributed by atoms with E-state index >= 15 is 0 Å². The number of nitrogens with one attached hydrogen (secondary N) is 1. The maximum Gasteiger partial charge on any atom is 0.303 e. The van der Waals surface area contributed by atoms with Crippen molar-refractivity contribution in [2.24, 2.45) is 0 Å². The average Bonchev–Trinajstić information content (AvgIpc) is 2.34. The van der Waals surface area contributed by atoms with Crippen molar-refractivity contribution >= 4 is 23.6 Å². The van der Waals surface area contributed by atoms with Gasteiger partial charge in [0.15, 0.2) is 0 Å². The summed E-state index contributed by atoms with van der Waals surface area (Å²) >= 11 is 1.68. The zero-order chi connectivity index (χ0) is 9.84. The summed E-state index contributed by atoms with van der Waals surface area (Å²) in [5.41, 5.74) is 0. The van der Waals surface area contributed by atoms with Gasteiger partial charge in [-0.2, -0.15) is 11.8 Å². The first-order valence-corrected chi connectivity index (χ1v) is 5.27. The number of hydrogen-bond acceptors (Lipinski definition) is 4. The molecule has 2 atom stereocenters. The molecular formula is C8H13NO3S. The van der Waals surface area contributed by atoms with Gasteiger partial charge in [0, 0.05) is 25.4 Å².